The average Bonchev–Trinajstić information content (AvgIpc) is 2.59. The van der Waals surface area contributed by atoms with Crippen molar-refractivity contribution in [1.82, 2.24) is 0 Å². The Bertz CT molecular complexity index is 671. The lowest BCUT2D eigenvalue weighted by molar-refractivity contribution is 0.0600. The zero-order valence-corrected chi connectivity index (χ0v) is 13.3. The van der Waals surface area contributed by atoms with E-state index in [1.807, 2.05) is 12.1 Å². The summed E-state index contributed by atoms with van der Waals surface area (Å²) >= 11 is 5.96. The van der Waals surface area contributed by atoms with Crippen molar-refractivity contribution in [1.29, 1.82) is 0 Å². The molecule has 0 atom stereocenters. The minimum absolute atomic E-state index is 0.294. The predicted molar refractivity (Wildman–Crippen MR) is 88.3 cm³/mol. The molecule has 5 nitrogen and oxygen atoms in total. The van der Waals surface area contributed by atoms with Crippen molar-refractivity contribution in [3.63, 3.8) is 0 Å². The fraction of sp³-hybridized carbons (Fsp3) is 0.176. The molecular weight excluding hydrogens is 318 g/mol. The molecule has 0 radical (unpaired) electrons. The molecule has 0 unspecified atom stereocenters. The van der Waals surface area contributed by atoms with E-state index in [0.29, 0.717) is 29.5 Å². The van der Waals surface area contributed by atoms with E-state index >= 15 is 0 Å². The van der Waals surface area contributed by atoms with Crippen molar-refractivity contribution in [2.75, 3.05) is 20.3 Å². The third-order valence-electron chi connectivity index (χ3n) is 2.88. The third-order valence-corrected chi connectivity index (χ3v) is 3.19. The van der Waals surface area contributed by atoms with E-state index in [-0.39, 0.29) is 5.97 Å². The molecule has 2 rings (SSSR count). The van der Waals surface area contributed by atoms with Gasteiger partial charge in [0.15, 0.2) is 6.61 Å². The van der Waals surface area contributed by atoms with Crippen molar-refractivity contribution in [2.45, 2.75) is 0 Å². The Labute approximate surface area is 139 Å². The number of nitrogens with zero attached hydrogens (tertiary/aromatic N) is 1. The van der Waals surface area contributed by atoms with Gasteiger partial charge < -0.3 is 14.3 Å². The highest BCUT2D eigenvalue weighted by Gasteiger charge is 2.03. The van der Waals surface area contributed by atoms with Gasteiger partial charge in [0.2, 0.25) is 0 Å². The van der Waals surface area contributed by atoms with Crippen LogP contribution in [0, 0.1) is 0 Å². The number of carbonyl (C=O) groups excluding carboxylic acids is 1. The summed E-state index contributed by atoms with van der Waals surface area (Å²) in [5, 5.41) is 4.39. The van der Waals surface area contributed by atoms with Crippen LogP contribution in [0.1, 0.15) is 15.9 Å². The van der Waals surface area contributed by atoms with Gasteiger partial charge in [-0.1, -0.05) is 41.0 Å². The Morgan fingerprint density at radius 1 is 1.13 bits per heavy atom. The van der Waals surface area contributed by atoms with E-state index in [2.05, 4.69) is 9.89 Å². The Morgan fingerprint density at radius 3 is 2.57 bits per heavy atom. The third kappa shape index (κ3) is 5.30. The molecule has 0 spiro atoms. The second-order valence-electron chi connectivity index (χ2n) is 4.46. The van der Waals surface area contributed by atoms with Gasteiger partial charge in [0, 0.05) is 0 Å². The lowest BCUT2D eigenvalue weighted by Crippen LogP contribution is -2.04. The summed E-state index contributed by atoms with van der Waals surface area (Å²) in [5.41, 5.74) is 1.29. The average molecular weight is 334 g/mol. The largest absolute Gasteiger partial charge is 0.488 e. The first-order chi connectivity index (χ1) is 11.2. The van der Waals surface area contributed by atoms with Gasteiger partial charge in [0.25, 0.3) is 0 Å². The first kappa shape index (κ1) is 16.8. The zero-order chi connectivity index (χ0) is 16.5. The Balaban J connectivity index is 1.72. The van der Waals surface area contributed by atoms with E-state index in [4.69, 9.17) is 21.2 Å². The van der Waals surface area contributed by atoms with Crippen molar-refractivity contribution in [3.8, 4) is 5.75 Å². The van der Waals surface area contributed by atoms with Crippen LogP contribution < -0.4 is 4.74 Å². The Hall–Kier alpha value is -2.53. The number of esters is 1. The molecule has 0 aromatic heterocycles. The minimum Gasteiger partial charge on any atom is -0.488 e. The van der Waals surface area contributed by atoms with Crippen LogP contribution in [0.15, 0.2) is 53.7 Å². The number of benzene rings is 2. The van der Waals surface area contributed by atoms with Crippen molar-refractivity contribution in [2.24, 2.45) is 5.16 Å². The molecule has 0 N–H and O–H groups in total. The van der Waals surface area contributed by atoms with Crippen LogP contribution in [0.5, 0.6) is 5.75 Å². The molecule has 0 saturated heterocycles. The molecule has 0 saturated carbocycles. The summed E-state index contributed by atoms with van der Waals surface area (Å²) in [5.74, 6) is 0.238. The van der Waals surface area contributed by atoms with E-state index in [1.165, 1.54) is 7.11 Å². The number of halogens is 1. The molecule has 0 bridgehead atoms. The van der Waals surface area contributed by atoms with Crippen LogP contribution in [0.2, 0.25) is 5.02 Å². The number of methoxy groups -OCH3 is 1. The molecule has 2 aromatic carbocycles. The molecule has 0 aliphatic carbocycles. The van der Waals surface area contributed by atoms with E-state index < -0.39 is 0 Å². The molecule has 0 amide bonds. The van der Waals surface area contributed by atoms with Gasteiger partial charge in [0.05, 0.1) is 23.9 Å². The topological polar surface area (TPSA) is 57.1 Å². The number of ether oxygens (including phenoxy) is 2. The van der Waals surface area contributed by atoms with Crippen LogP contribution >= 0.6 is 11.6 Å². The maximum atomic E-state index is 11.3. The van der Waals surface area contributed by atoms with E-state index in [9.17, 15) is 4.79 Å². The highest BCUT2D eigenvalue weighted by atomic mass is 35.5. The smallest absolute Gasteiger partial charge is 0.337 e. The monoisotopic (exact) mass is 333 g/mol. The molecular formula is C17H16ClNO4. The standard InChI is InChI=1S/C17H16ClNO4/c1-21-17(20)14-8-6-13(7-9-14)12-19-23-11-10-22-16-5-3-2-4-15(16)18/h2-9,12H,10-11H2,1H3. The second kappa shape index (κ2) is 8.80. The van der Waals surface area contributed by atoms with Crippen LogP contribution in [0.4, 0.5) is 0 Å². The maximum absolute atomic E-state index is 11.3. The lowest BCUT2D eigenvalue weighted by Gasteiger charge is -2.06. The van der Waals surface area contributed by atoms with E-state index in [0.717, 1.165) is 5.56 Å². The van der Waals surface area contributed by atoms with Gasteiger partial charge in [-0.15, -0.1) is 0 Å². The number of oxime groups is 1. The second-order valence-corrected chi connectivity index (χ2v) is 4.87. The number of rotatable bonds is 7. The Kier molecular flexibility index (Phi) is 6.44. The SMILES string of the molecule is COC(=O)c1ccc(C=NOCCOc2ccccc2Cl)cc1. The van der Waals surface area contributed by atoms with Crippen molar-refractivity contribution in [3.05, 3.63) is 64.7 Å². The fourth-order valence-electron chi connectivity index (χ4n) is 1.72. The van der Waals surface area contributed by atoms with Gasteiger partial charge >= 0.3 is 5.97 Å². The summed E-state index contributed by atoms with van der Waals surface area (Å²) in [6, 6.07) is 14.0. The van der Waals surface area contributed by atoms with Gasteiger partial charge in [-0.2, -0.15) is 0 Å². The Morgan fingerprint density at radius 2 is 1.87 bits per heavy atom. The number of para-hydroxylation sites is 1. The number of hydrogen-bond acceptors (Lipinski definition) is 5. The van der Waals surface area contributed by atoms with Crippen LogP contribution in [-0.2, 0) is 9.57 Å². The maximum Gasteiger partial charge on any atom is 0.337 e. The fourth-order valence-corrected chi connectivity index (χ4v) is 1.91. The van der Waals surface area contributed by atoms with Crippen LogP contribution in [0.3, 0.4) is 0 Å². The highest BCUT2D eigenvalue weighted by Crippen LogP contribution is 2.22. The minimum atomic E-state index is -0.374. The summed E-state index contributed by atoms with van der Waals surface area (Å²) < 4.78 is 10.1. The highest BCUT2D eigenvalue weighted by molar-refractivity contribution is 6.32. The number of hydrogen-bond donors (Lipinski definition) is 0. The molecule has 23 heavy (non-hydrogen) atoms. The molecule has 0 heterocycles. The first-order valence-electron chi connectivity index (χ1n) is 6.92. The quantitative estimate of drug-likeness (QED) is 0.336. The molecule has 2 aromatic rings. The van der Waals surface area contributed by atoms with Crippen molar-refractivity contribution >= 4 is 23.8 Å². The summed E-state index contributed by atoms with van der Waals surface area (Å²) in [4.78, 5) is 16.4. The van der Waals surface area contributed by atoms with Gasteiger partial charge in [0.1, 0.15) is 12.4 Å². The zero-order valence-electron chi connectivity index (χ0n) is 12.6. The summed E-state index contributed by atoms with van der Waals surface area (Å²) in [6.07, 6.45) is 1.55. The van der Waals surface area contributed by atoms with E-state index in [1.54, 1.807) is 42.6 Å². The van der Waals surface area contributed by atoms with Crippen LogP contribution in [0.25, 0.3) is 0 Å². The lowest BCUT2D eigenvalue weighted by atomic mass is 10.1. The van der Waals surface area contributed by atoms with Crippen molar-refractivity contribution < 1.29 is 19.1 Å². The van der Waals surface area contributed by atoms with Gasteiger partial charge in [-0.25, -0.2) is 4.79 Å². The molecule has 6 heteroatoms. The summed E-state index contributed by atoms with van der Waals surface area (Å²) in [6.45, 7) is 0.629. The number of carbonyl (C=O) groups is 1. The van der Waals surface area contributed by atoms with Crippen LogP contribution in [-0.4, -0.2) is 32.5 Å². The first-order valence-corrected chi connectivity index (χ1v) is 7.29. The normalized spacial score (nSPS) is 10.5. The molecule has 0 aliphatic heterocycles. The predicted octanol–water partition coefficient (Wildman–Crippen LogP) is 3.56. The molecule has 120 valence electrons. The molecule has 0 fully saturated rings. The molecule has 0 aliphatic rings. The summed E-state index contributed by atoms with van der Waals surface area (Å²) in [7, 11) is 1.34. The van der Waals surface area contributed by atoms with Gasteiger partial charge in [-0.05, 0) is 29.8 Å². The van der Waals surface area contributed by atoms with Gasteiger partial charge in [-0.3, -0.25) is 0 Å².